The second-order valence-electron chi connectivity index (χ2n) is 13.7. The highest BCUT2D eigenvalue weighted by atomic mass is 32.1. The third-order valence-electron chi connectivity index (χ3n) is 10.8. The highest BCUT2D eigenvalue weighted by molar-refractivity contribution is 7.24. The van der Waals surface area contributed by atoms with Gasteiger partial charge in [-0.15, -0.1) is 11.3 Å². The molecule has 4 nitrogen and oxygen atoms in total. The third-order valence-corrected chi connectivity index (χ3v) is 11.9. The Hall–Kier alpha value is -6.82. The number of thiophene rings is 1. The fourth-order valence-electron chi connectivity index (χ4n) is 8.42. The molecule has 8 aromatic carbocycles. The van der Waals surface area contributed by atoms with E-state index in [0.717, 1.165) is 54.8 Å². The molecule has 11 aromatic rings. The first kappa shape index (κ1) is 30.8. The SMILES string of the molecule is C=Nc1sc2c3ccccc3c3ccccc3c2c1/N=C\Cc1cccc2oc3ccc(-c4ccc5c(c4)c4ccccc4n5-c4ccccc4)cc3c12. The number of aliphatic imine (C=N–C) groups is 2. The largest absolute Gasteiger partial charge is 0.456 e. The van der Waals surface area contributed by atoms with Crippen molar-refractivity contribution in [3.05, 3.63) is 163 Å². The van der Waals surface area contributed by atoms with Crippen LogP contribution in [0.2, 0.25) is 0 Å². The summed E-state index contributed by atoms with van der Waals surface area (Å²) in [7, 11) is 0. The molecule has 0 unspecified atom stereocenters. The lowest BCUT2D eigenvalue weighted by molar-refractivity contribution is 0.669. The molecule has 0 saturated heterocycles. The summed E-state index contributed by atoms with van der Waals surface area (Å²) in [5, 5.41) is 11.5. The van der Waals surface area contributed by atoms with Crippen LogP contribution in [-0.2, 0) is 6.42 Å². The Morgan fingerprint density at radius 2 is 1.22 bits per heavy atom. The Balaban J connectivity index is 1.02. The first-order valence-corrected chi connectivity index (χ1v) is 19.0. The highest BCUT2D eigenvalue weighted by Gasteiger charge is 2.19. The summed E-state index contributed by atoms with van der Waals surface area (Å²) >= 11 is 1.66. The van der Waals surface area contributed by atoms with Crippen molar-refractivity contribution in [1.29, 1.82) is 0 Å². The predicted molar refractivity (Wildman–Crippen MR) is 231 cm³/mol. The molecule has 254 valence electrons. The van der Waals surface area contributed by atoms with Crippen LogP contribution in [0, 0.1) is 0 Å². The third kappa shape index (κ3) is 4.62. The van der Waals surface area contributed by atoms with E-state index in [2.05, 4.69) is 174 Å². The van der Waals surface area contributed by atoms with Crippen LogP contribution in [0.3, 0.4) is 0 Å². The number of hydrogen-bond donors (Lipinski definition) is 0. The fourth-order valence-corrected chi connectivity index (χ4v) is 9.53. The van der Waals surface area contributed by atoms with Gasteiger partial charge in [-0.1, -0.05) is 109 Å². The quantitative estimate of drug-likeness (QED) is 0.125. The minimum atomic E-state index is 0.639. The highest BCUT2D eigenvalue weighted by Crippen LogP contribution is 2.50. The van der Waals surface area contributed by atoms with E-state index < -0.39 is 0 Å². The zero-order valence-electron chi connectivity index (χ0n) is 29.2. The minimum Gasteiger partial charge on any atom is -0.456 e. The van der Waals surface area contributed by atoms with Crippen molar-refractivity contribution in [3.63, 3.8) is 0 Å². The number of furan rings is 1. The number of fused-ring (bicyclic) bond motifs is 12. The van der Waals surface area contributed by atoms with Gasteiger partial charge >= 0.3 is 0 Å². The number of para-hydroxylation sites is 2. The van der Waals surface area contributed by atoms with Crippen molar-refractivity contribution >= 4 is 110 Å². The summed E-state index contributed by atoms with van der Waals surface area (Å²) in [6, 6.07) is 56.1. The molecular formula is C49H31N3OS. The lowest BCUT2D eigenvalue weighted by Crippen LogP contribution is -1.92. The van der Waals surface area contributed by atoms with Crippen molar-refractivity contribution in [2.75, 3.05) is 0 Å². The van der Waals surface area contributed by atoms with Crippen molar-refractivity contribution in [1.82, 2.24) is 4.57 Å². The van der Waals surface area contributed by atoms with Crippen LogP contribution in [0.15, 0.2) is 172 Å². The van der Waals surface area contributed by atoms with Gasteiger partial charge < -0.3 is 8.98 Å². The number of nitrogens with zero attached hydrogens (tertiary/aromatic N) is 3. The van der Waals surface area contributed by atoms with Gasteiger partial charge in [-0.05, 0) is 88.1 Å². The average Bonchev–Trinajstić information content (AvgIpc) is 3.91. The molecule has 0 atom stereocenters. The molecule has 5 heteroatoms. The van der Waals surface area contributed by atoms with Gasteiger partial charge in [0.15, 0.2) is 0 Å². The summed E-state index contributed by atoms with van der Waals surface area (Å²) in [6.45, 7) is 3.93. The molecule has 0 saturated carbocycles. The van der Waals surface area contributed by atoms with Gasteiger partial charge in [0.1, 0.15) is 21.9 Å². The maximum atomic E-state index is 6.43. The van der Waals surface area contributed by atoms with Crippen LogP contribution >= 0.6 is 11.3 Å². The Labute approximate surface area is 314 Å². The minimum absolute atomic E-state index is 0.639. The van der Waals surface area contributed by atoms with Crippen LogP contribution in [0.1, 0.15) is 5.56 Å². The van der Waals surface area contributed by atoms with Gasteiger partial charge in [0.25, 0.3) is 0 Å². The van der Waals surface area contributed by atoms with E-state index in [4.69, 9.17) is 9.41 Å². The Morgan fingerprint density at radius 3 is 2.04 bits per heavy atom. The molecule has 0 aliphatic carbocycles. The monoisotopic (exact) mass is 709 g/mol. The molecule has 0 fully saturated rings. The van der Waals surface area contributed by atoms with Crippen LogP contribution in [-0.4, -0.2) is 17.5 Å². The van der Waals surface area contributed by atoms with E-state index in [1.54, 1.807) is 11.3 Å². The number of benzene rings is 8. The predicted octanol–water partition coefficient (Wildman–Crippen LogP) is 14.1. The zero-order valence-corrected chi connectivity index (χ0v) is 30.0. The summed E-state index contributed by atoms with van der Waals surface area (Å²) in [5.74, 6) is 0. The normalized spacial score (nSPS) is 12.1. The standard InChI is InChI=1S/C49H31N3OS/c1-50-49-47(46-37-18-7-5-15-34(37)35-16-6-8-19-38(35)48(46)54-49)51-27-26-30-12-11-21-44-45(30)40-29-32(23-25-43(40)53-44)31-22-24-42-39(28-31)36-17-9-10-20-41(36)52(42)33-13-3-2-4-14-33/h2-25,27-29H,1,26H2/b51-27-. The van der Waals surface area contributed by atoms with Crippen LogP contribution in [0.25, 0.3) is 92.2 Å². The van der Waals surface area contributed by atoms with Crippen molar-refractivity contribution in [2.24, 2.45) is 9.98 Å². The number of aromatic nitrogens is 1. The van der Waals surface area contributed by atoms with Gasteiger partial charge in [0, 0.05) is 55.3 Å². The Kier molecular flexibility index (Phi) is 6.91. The van der Waals surface area contributed by atoms with E-state index in [-0.39, 0.29) is 0 Å². The van der Waals surface area contributed by atoms with Gasteiger partial charge in [-0.2, -0.15) is 0 Å². The van der Waals surface area contributed by atoms with E-state index in [1.807, 2.05) is 6.21 Å². The first-order chi connectivity index (χ1) is 26.7. The lowest BCUT2D eigenvalue weighted by atomic mass is 9.98. The molecule has 3 aromatic heterocycles. The molecule has 0 bridgehead atoms. The molecule has 0 aliphatic rings. The summed E-state index contributed by atoms with van der Waals surface area (Å²) < 4.78 is 9.98. The Morgan fingerprint density at radius 1 is 0.556 bits per heavy atom. The second-order valence-corrected chi connectivity index (χ2v) is 14.7. The fraction of sp³-hybridized carbons (Fsp3) is 0.0204. The molecule has 0 amide bonds. The van der Waals surface area contributed by atoms with Gasteiger partial charge in [-0.3, -0.25) is 9.98 Å². The Bertz CT molecular complexity index is 3330. The molecule has 3 heterocycles. The molecule has 0 N–H and O–H groups in total. The molecule has 0 aliphatic heterocycles. The van der Waals surface area contributed by atoms with E-state index >= 15 is 0 Å². The molecule has 11 rings (SSSR count). The van der Waals surface area contributed by atoms with Gasteiger partial charge in [0.05, 0.1) is 11.0 Å². The number of hydrogen-bond acceptors (Lipinski definition) is 4. The molecule has 54 heavy (non-hydrogen) atoms. The zero-order chi connectivity index (χ0) is 35.8. The van der Waals surface area contributed by atoms with Gasteiger partial charge in [-0.25, -0.2) is 0 Å². The molecule has 0 radical (unpaired) electrons. The summed E-state index contributed by atoms with van der Waals surface area (Å²) in [5.41, 5.74) is 9.66. The van der Waals surface area contributed by atoms with Crippen molar-refractivity contribution in [2.45, 2.75) is 6.42 Å². The molecular weight excluding hydrogens is 679 g/mol. The number of rotatable bonds is 6. The summed E-state index contributed by atoms with van der Waals surface area (Å²) in [6.07, 6.45) is 2.66. The molecule has 0 spiro atoms. The van der Waals surface area contributed by atoms with Crippen LogP contribution in [0.4, 0.5) is 10.7 Å². The smallest absolute Gasteiger partial charge is 0.142 e. The second kappa shape index (κ2) is 12.1. The van der Waals surface area contributed by atoms with E-state index in [1.165, 1.54) is 53.6 Å². The lowest BCUT2D eigenvalue weighted by Gasteiger charge is -2.08. The van der Waals surface area contributed by atoms with E-state index in [9.17, 15) is 0 Å². The van der Waals surface area contributed by atoms with Gasteiger partial charge in [0.2, 0.25) is 0 Å². The van der Waals surface area contributed by atoms with Crippen molar-refractivity contribution in [3.8, 4) is 16.8 Å². The topological polar surface area (TPSA) is 42.8 Å². The van der Waals surface area contributed by atoms with Crippen LogP contribution in [0.5, 0.6) is 0 Å². The first-order valence-electron chi connectivity index (χ1n) is 18.1. The summed E-state index contributed by atoms with van der Waals surface area (Å²) in [4.78, 5) is 9.61. The average molecular weight is 710 g/mol. The maximum Gasteiger partial charge on any atom is 0.142 e. The van der Waals surface area contributed by atoms with Crippen molar-refractivity contribution < 1.29 is 4.42 Å². The van der Waals surface area contributed by atoms with E-state index in [0.29, 0.717) is 6.42 Å². The maximum absolute atomic E-state index is 6.43. The van der Waals surface area contributed by atoms with Crippen LogP contribution < -0.4 is 0 Å².